The summed E-state index contributed by atoms with van der Waals surface area (Å²) in [6, 6.07) is 12.8. The summed E-state index contributed by atoms with van der Waals surface area (Å²) in [5, 5.41) is 5.24. The Bertz CT molecular complexity index is 742. The highest BCUT2D eigenvalue weighted by molar-refractivity contribution is 5.95. The maximum Gasteiger partial charge on any atom is 0.258 e. The molecule has 2 amide bonds. The first-order valence-corrected chi connectivity index (χ1v) is 7.88. The smallest absolute Gasteiger partial charge is 0.258 e. The maximum atomic E-state index is 12.0. The van der Waals surface area contributed by atoms with E-state index in [1.54, 1.807) is 24.3 Å². The second-order valence-corrected chi connectivity index (χ2v) is 5.63. The fourth-order valence-electron chi connectivity index (χ4n) is 2.13. The van der Waals surface area contributed by atoms with Crippen molar-refractivity contribution < 1.29 is 19.1 Å². The third kappa shape index (κ3) is 5.84. The Morgan fingerprint density at radius 3 is 2.32 bits per heavy atom. The summed E-state index contributed by atoms with van der Waals surface area (Å²) in [5.41, 5.74) is 2.67. The van der Waals surface area contributed by atoms with E-state index >= 15 is 0 Å². The average Bonchev–Trinajstić information content (AvgIpc) is 2.59. The highest BCUT2D eigenvalue weighted by Crippen LogP contribution is 2.24. The van der Waals surface area contributed by atoms with E-state index in [0.717, 1.165) is 11.1 Å². The molecule has 2 aromatic rings. The first-order valence-electron chi connectivity index (χ1n) is 7.88. The summed E-state index contributed by atoms with van der Waals surface area (Å²) in [6.07, 6.45) is 0. The number of hydrogen-bond donors (Lipinski definition) is 2. The van der Waals surface area contributed by atoms with Crippen LogP contribution in [0.15, 0.2) is 42.5 Å². The van der Waals surface area contributed by atoms with Crippen molar-refractivity contribution in [2.24, 2.45) is 0 Å². The molecule has 0 spiro atoms. The molecule has 0 atom stereocenters. The van der Waals surface area contributed by atoms with Crippen LogP contribution in [0.1, 0.15) is 11.1 Å². The minimum absolute atomic E-state index is 0.146. The van der Waals surface area contributed by atoms with Gasteiger partial charge in [0.25, 0.3) is 5.91 Å². The number of anilines is 1. The normalized spacial score (nSPS) is 10.0. The lowest BCUT2D eigenvalue weighted by Crippen LogP contribution is -2.35. The molecule has 2 aromatic carbocycles. The predicted octanol–water partition coefficient (Wildman–Crippen LogP) is 2.45. The molecule has 0 aliphatic rings. The molecule has 0 fully saturated rings. The van der Waals surface area contributed by atoms with Crippen LogP contribution in [-0.2, 0) is 9.59 Å². The van der Waals surface area contributed by atoms with E-state index in [0.29, 0.717) is 17.2 Å². The van der Waals surface area contributed by atoms with Gasteiger partial charge in [0.15, 0.2) is 6.61 Å². The minimum atomic E-state index is -0.369. The van der Waals surface area contributed by atoms with Crippen LogP contribution in [0.2, 0.25) is 0 Å². The monoisotopic (exact) mass is 342 g/mol. The largest absolute Gasteiger partial charge is 0.495 e. The number of carbonyl (C=O) groups excluding carboxylic acids is 2. The first-order chi connectivity index (χ1) is 12.0. The highest BCUT2D eigenvalue weighted by atomic mass is 16.5. The Labute approximate surface area is 147 Å². The van der Waals surface area contributed by atoms with Crippen LogP contribution >= 0.6 is 0 Å². The molecular formula is C19H22N2O4. The molecular weight excluding hydrogens is 320 g/mol. The van der Waals surface area contributed by atoms with Crippen LogP contribution in [0.3, 0.4) is 0 Å². The van der Waals surface area contributed by atoms with Crippen LogP contribution in [0, 0.1) is 13.8 Å². The quantitative estimate of drug-likeness (QED) is 0.810. The van der Waals surface area contributed by atoms with E-state index in [4.69, 9.17) is 9.47 Å². The van der Waals surface area contributed by atoms with Gasteiger partial charge in [0.2, 0.25) is 5.91 Å². The molecule has 6 nitrogen and oxygen atoms in total. The molecule has 0 saturated carbocycles. The number of aryl methyl sites for hydroxylation is 2. The number of rotatable bonds is 7. The van der Waals surface area contributed by atoms with Crippen LogP contribution in [0.5, 0.6) is 11.5 Å². The fourth-order valence-corrected chi connectivity index (χ4v) is 2.13. The number of ether oxygens (including phenoxy) is 2. The molecule has 0 aromatic heterocycles. The average molecular weight is 342 g/mol. The van der Waals surface area contributed by atoms with Crippen molar-refractivity contribution in [1.29, 1.82) is 0 Å². The zero-order valence-electron chi connectivity index (χ0n) is 14.6. The van der Waals surface area contributed by atoms with Crippen molar-refractivity contribution in [2.75, 3.05) is 25.6 Å². The zero-order valence-corrected chi connectivity index (χ0v) is 14.6. The van der Waals surface area contributed by atoms with Crippen LogP contribution in [0.25, 0.3) is 0 Å². The van der Waals surface area contributed by atoms with Crippen LogP contribution in [-0.4, -0.2) is 32.1 Å². The Morgan fingerprint density at radius 1 is 0.960 bits per heavy atom. The van der Waals surface area contributed by atoms with Gasteiger partial charge in [-0.05, 0) is 43.7 Å². The number of methoxy groups -OCH3 is 1. The molecule has 0 heterocycles. The third-order valence-corrected chi connectivity index (χ3v) is 3.47. The van der Waals surface area contributed by atoms with Gasteiger partial charge in [-0.2, -0.15) is 0 Å². The Kier molecular flexibility index (Phi) is 6.39. The summed E-state index contributed by atoms with van der Waals surface area (Å²) in [5.74, 6) is 0.460. The van der Waals surface area contributed by atoms with Crippen molar-refractivity contribution in [3.05, 3.63) is 53.6 Å². The Morgan fingerprint density at radius 2 is 1.64 bits per heavy atom. The standard InChI is InChI=1S/C19H22N2O4/c1-13-4-7-15(8-5-13)25-12-19(23)20-11-18(22)21-16-10-14(2)6-9-17(16)24-3/h4-10H,11-12H2,1-3H3,(H,20,23)(H,21,22). The van der Waals surface area contributed by atoms with Gasteiger partial charge in [-0.3, -0.25) is 9.59 Å². The van der Waals surface area contributed by atoms with E-state index in [1.165, 1.54) is 7.11 Å². The lowest BCUT2D eigenvalue weighted by Gasteiger charge is -2.12. The lowest BCUT2D eigenvalue weighted by molar-refractivity contribution is -0.125. The molecule has 2 rings (SSSR count). The van der Waals surface area contributed by atoms with Gasteiger partial charge in [-0.15, -0.1) is 0 Å². The first kappa shape index (κ1) is 18.3. The van der Waals surface area contributed by atoms with Gasteiger partial charge >= 0.3 is 0 Å². The molecule has 0 unspecified atom stereocenters. The van der Waals surface area contributed by atoms with Crippen LogP contribution in [0.4, 0.5) is 5.69 Å². The molecule has 2 N–H and O–H groups in total. The Balaban J connectivity index is 1.78. The van der Waals surface area contributed by atoms with Gasteiger partial charge in [-0.25, -0.2) is 0 Å². The maximum absolute atomic E-state index is 12.0. The van der Waals surface area contributed by atoms with Gasteiger partial charge in [0.05, 0.1) is 19.3 Å². The van der Waals surface area contributed by atoms with Gasteiger partial charge in [0.1, 0.15) is 11.5 Å². The highest BCUT2D eigenvalue weighted by Gasteiger charge is 2.10. The molecule has 132 valence electrons. The van der Waals surface area contributed by atoms with Gasteiger partial charge in [-0.1, -0.05) is 23.8 Å². The van der Waals surface area contributed by atoms with E-state index in [1.807, 2.05) is 32.0 Å². The molecule has 0 aliphatic carbocycles. The Hall–Kier alpha value is -3.02. The minimum Gasteiger partial charge on any atom is -0.495 e. The number of hydrogen-bond acceptors (Lipinski definition) is 4. The van der Waals surface area contributed by atoms with Gasteiger partial charge < -0.3 is 20.1 Å². The van der Waals surface area contributed by atoms with E-state index in [9.17, 15) is 9.59 Å². The third-order valence-electron chi connectivity index (χ3n) is 3.47. The van der Waals surface area contributed by atoms with Crippen molar-refractivity contribution in [3.8, 4) is 11.5 Å². The molecule has 25 heavy (non-hydrogen) atoms. The lowest BCUT2D eigenvalue weighted by atomic mass is 10.2. The summed E-state index contributed by atoms with van der Waals surface area (Å²) >= 11 is 0. The SMILES string of the molecule is COc1ccc(C)cc1NC(=O)CNC(=O)COc1ccc(C)cc1. The van der Waals surface area contributed by atoms with Crippen molar-refractivity contribution in [3.63, 3.8) is 0 Å². The second kappa shape index (κ2) is 8.73. The zero-order chi connectivity index (χ0) is 18.2. The molecule has 0 radical (unpaired) electrons. The molecule has 0 saturated heterocycles. The van der Waals surface area contributed by atoms with Gasteiger partial charge in [0, 0.05) is 0 Å². The molecule has 6 heteroatoms. The topological polar surface area (TPSA) is 76.7 Å². The second-order valence-electron chi connectivity index (χ2n) is 5.63. The van der Waals surface area contributed by atoms with E-state index in [2.05, 4.69) is 10.6 Å². The van der Waals surface area contributed by atoms with Crippen molar-refractivity contribution >= 4 is 17.5 Å². The summed E-state index contributed by atoms with van der Waals surface area (Å²) < 4.78 is 10.6. The fraction of sp³-hybridized carbons (Fsp3) is 0.263. The number of carbonyl (C=O) groups is 2. The van der Waals surface area contributed by atoms with Crippen LogP contribution < -0.4 is 20.1 Å². The number of benzene rings is 2. The van der Waals surface area contributed by atoms with Crippen molar-refractivity contribution in [2.45, 2.75) is 13.8 Å². The van der Waals surface area contributed by atoms with E-state index < -0.39 is 0 Å². The summed E-state index contributed by atoms with van der Waals surface area (Å²) in [6.45, 7) is 3.59. The number of amides is 2. The number of nitrogens with one attached hydrogen (secondary N) is 2. The summed E-state index contributed by atoms with van der Waals surface area (Å²) in [7, 11) is 1.53. The predicted molar refractivity (Wildman–Crippen MR) is 96.0 cm³/mol. The van der Waals surface area contributed by atoms with E-state index in [-0.39, 0.29) is 25.0 Å². The molecule has 0 aliphatic heterocycles. The molecule has 0 bridgehead atoms. The van der Waals surface area contributed by atoms with Crippen molar-refractivity contribution in [1.82, 2.24) is 5.32 Å². The summed E-state index contributed by atoms with van der Waals surface area (Å²) in [4.78, 5) is 23.8.